The van der Waals surface area contributed by atoms with Gasteiger partial charge in [0, 0.05) is 48.8 Å². The van der Waals surface area contributed by atoms with Crippen molar-refractivity contribution < 1.29 is 14.5 Å². The molecule has 0 unspecified atom stereocenters. The van der Waals surface area contributed by atoms with E-state index in [2.05, 4.69) is 10.1 Å². The van der Waals surface area contributed by atoms with Crippen molar-refractivity contribution in [2.45, 2.75) is 13.2 Å². The van der Waals surface area contributed by atoms with Crippen LogP contribution in [0.3, 0.4) is 0 Å². The molecule has 1 atom stereocenters. The van der Waals surface area contributed by atoms with Gasteiger partial charge in [-0.3, -0.25) is 19.9 Å². The van der Waals surface area contributed by atoms with Crippen molar-refractivity contribution in [3.05, 3.63) is 107 Å². The largest absolute Gasteiger partial charge is 0.446 e. The molecule has 34 heavy (non-hydrogen) atoms. The van der Waals surface area contributed by atoms with Crippen LogP contribution in [0.4, 0.5) is 5.69 Å². The highest BCUT2D eigenvalue weighted by molar-refractivity contribution is 5.96. The maximum Gasteiger partial charge on any atom is 0.269 e. The second-order valence-electron chi connectivity index (χ2n) is 7.49. The SMILES string of the molecule is CC(=O)N1N=C(c2ccncc2)O[C@H]1c1cn(-c2ccccc2)nc1-c1ccc([N+](=O)[O-])cc1. The van der Waals surface area contributed by atoms with Gasteiger partial charge in [-0.2, -0.15) is 10.1 Å². The minimum atomic E-state index is -0.872. The number of amides is 1. The number of carbonyl (C=O) groups excluding carboxylic acids is 1. The summed E-state index contributed by atoms with van der Waals surface area (Å²) in [6.07, 6.45) is 4.13. The molecule has 0 fully saturated rings. The number of para-hydroxylation sites is 1. The fraction of sp³-hybridized carbons (Fsp3) is 0.0833. The van der Waals surface area contributed by atoms with Crippen molar-refractivity contribution in [3.8, 4) is 16.9 Å². The number of hydrogen-bond acceptors (Lipinski definition) is 7. The van der Waals surface area contributed by atoms with Crippen LogP contribution in [-0.4, -0.2) is 36.5 Å². The molecular formula is C24H18N6O4. The Balaban J connectivity index is 1.61. The fourth-order valence-electron chi connectivity index (χ4n) is 3.63. The Morgan fingerprint density at radius 1 is 1.00 bits per heavy atom. The highest BCUT2D eigenvalue weighted by Gasteiger charge is 2.36. The summed E-state index contributed by atoms with van der Waals surface area (Å²) < 4.78 is 7.83. The van der Waals surface area contributed by atoms with E-state index in [1.807, 2.05) is 30.3 Å². The highest BCUT2D eigenvalue weighted by Crippen LogP contribution is 2.37. The molecule has 0 aliphatic carbocycles. The summed E-state index contributed by atoms with van der Waals surface area (Å²) in [4.78, 5) is 27.1. The number of rotatable bonds is 5. The lowest BCUT2D eigenvalue weighted by atomic mass is 10.1. The van der Waals surface area contributed by atoms with Crippen LogP contribution in [0.1, 0.15) is 24.3 Å². The number of nitrogens with zero attached hydrogens (tertiary/aromatic N) is 6. The molecule has 5 rings (SSSR count). The maximum atomic E-state index is 12.5. The summed E-state index contributed by atoms with van der Waals surface area (Å²) in [5.74, 6) is -0.0270. The Hall–Kier alpha value is -4.86. The average Bonchev–Trinajstić information content (AvgIpc) is 3.50. The second-order valence-corrected chi connectivity index (χ2v) is 7.49. The van der Waals surface area contributed by atoms with E-state index in [0.29, 0.717) is 22.4 Å². The number of hydrazone groups is 1. The number of carbonyl (C=O) groups is 1. The molecule has 0 spiro atoms. The Morgan fingerprint density at radius 2 is 1.71 bits per heavy atom. The quantitative estimate of drug-likeness (QED) is 0.331. The maximum absolute atomic E-state index is 12.5. The lowest BCUT2D eigenvalue weighted by molar-refractivity contribution is -0.384. The minimum absolute atomic E-state index is 0.0291. The Morgan fingerprint density at radius 3 is 2.35 bits per heavy atom. The van der Waals surface area contributed by atoms with Gasteiger partial charge in [-0.15, -0.1) is 5.10 Å². The second kappa shape index (κ2) is 8.58. The molecule has 0 bridgehead atoms. The molecule has 10 nitrogen and oxygen atoms in total. The third-order valence-corrected chi connectivity index (χ3v) is 5.27. The minimum Gasteiger partial charge on any atom is -0.446 e. The molecule has 4 aromatic rings. The standard InChI is InChI=1S/C24H18N6O4/c1-16(31)29-24(34-23(27-29)18-11-13-25-14-12-18)21-15-28(19-5-3-2-4-6-19)26-22(21)17-7-9-20(10-8-17)30(32)33/h2-15,24H,1H3/t24-/m0/s1. The average molecular weight is 454 g/mol. The fourth-order valence-corrected chi connectivity index (χ4v) is 3.63. The number of hydrogen-bond donors (Lipinski definition) is 0. The number of benzene rings is 2. The topological polar surface area (TPSA) is 116 Å². The lowest BCUT2D eigenvalue weighted by Gasteiger charge is -2.19. The third-order valence-electron chi connectivity index (χ3n) is 5.27. The zero-order valence-electron chi connectivity index (χ0n) is 18.0. The molecular weight excluding hydrogens is 436 g/mol. The molecule has 0 N–H and O–H groups in total. The van der Waals surface area contributed by atoms with E-state index in [4.69, 9.17) is 9.84 Å². The number of non-ortho nitro benzene ring substituents is 1. The molecule has 0 radical (unpaired) electrons. The summed E-state index contributed by atoms with van der Waals surface area (Å²) in [6.45, 7) is 1.41. The van der Waals surface area contributed by atoms with Crippen molar-refractivity contribution in [2.75, 3.05) is 0 Å². The van der Waals surface area contributed by atoms with Gasteiger partial charge in [0.25, 0.3) is 5.69 Å². The summed E-state index contributed by atoms with van der Waals surface area (Å²) in [6, 6.07) is 19.0. The zero-order chi connectivity index (χ0) is 23.7. The smallest absolute Gasteiger partial charge is 0.269 e. The van der Waals surface area contributed by atoms with Crippen LogP contribution in [0.15, 0.2) is 90.4 Å². The first-order chi connectivity index (χ1) is 16.5. The van der Waals surface area contributed by atoms with E-state index in [-0.39, 0.29) is 17.5 Å². The van der Waals surface area contributed by atoms with Crippen LogP contribution in [0.25, 0.3) is 16.9 Å². The van der Waals surface area contributed by atoms with Gasteiger partial charge in [-0.1, -0.05) is 18.2 Å². The van der Waals surface area contributed by atoms with E-state index in [1.165, 1.54) is 24.1 Å². The van der Waals surface area contributed by atoms with Crippen molar-refractivity contribution >= 4 is 17.5 Å². The predicted molar refractivity (Wildman–Crippen MR) is 123 cm³/mol. The van der Waals surface area contributed by atoms with Crippen LogP contribution < -0.4 is 0 Å². The monoisotopic (exact) mass is 454 g/mol. The summed E-state index contributed by atoms with van der Waals surface area (Å²) in [5, 5.41) is 21.5. The van der Waals surface area contributed by atoms with E-state index in [0.717, 1.165) is 5.69 Å². The van der Waals surface area contributed by atoms with Gasteiger partial charge in [0.1, 0.15) is 5.69 Å². The molecule has 1 aliphatic heterocycles. The summed E-state index contributed by atoms with van der Waals surface area (Å²) in [7, 11) is 0. The van der Waals surface area contributed by atoms with Gasteiger partial charge in [0.15, 0.2) is 0 Å². The molecule has 0 saturated carbocycles. The molecule has 10 heteroatoms. The van der Waals surface area contributed by atoms with Gasteiger partial charge in [0.2, 0.25) is 18.0 Å². The first-order valence-electron chi connectivity index (χ1n) is 10.4. The van der Waals surface area contributed by atoms with Crippen LogP contribution in [-0.2, 0) is 9.53 Å². The number of ether oxygens (including phenoxy) is 1. The number of nitro benzene ring substituents is 1. The van der Waals surface area contributed by atoms with Gasteiger partial charge >= 0.3 is 0 Å². The van der Waals surface area contributed by atoms with Crippen molar-refractivity contribution in [1.82, 2.24) is 19.8 Å². The van der Waals surface area contributed by atoms with E-state index < -0.39 is 11.2 Å². The van der Waals surface area contributed by atoms with E-state index in [9.17, 15) is 14.9 Å². The summed E-state index contributed by atoms with van der Waals surface area (Å²) in [5.41, 5.74) is 3.19. The summed E-state index contributed by atoms with van der Waals surface area (Å²) >= 11 is 0. The van der Waals surface area contributed by atoms with Gasteiger partial charge < -0.3 is 4.74 Å². The van der Waals surface area contributed by atoms with Gasteiger partial charge in [-0.05, 0) is 36.4 Å². The number of nitro groups is 1. The molecule has 2 aromatic heterocycles. The van der Waals surface area contributed by atoms with E-state index >= 15 is 0 Å². The molecule has 2 aromatic carbocycles. The Bertz CT molecular complexity index is 1380. The lowest BCUT2D eigenvalue weighted by Crippen LogP contribution is -2.25. The van der Waals surface area contributed by atoms with Crippen molar-refractivity contribution in [1.29, 1.82) is 0 Å². The first kappa shape index (κ1) is 21.0. The van der Waals surface area contributed by atoms with Crippen LogP contribution >= 0.6 is 0 Å². The highest BCUT2D eigenvalue weighted by atomic mass is 16.6. The van der Waals surface area contributed by atoms with Crippen LogP contribution in [0.2, 0.25) is 0 Å². The molecule has 3 heterocycles. The zero-order valence-corrected chi connectivity index (χ0v) is 18.0. The Kier molecular flexibility index (Phi) is 5.30. The molecule has 1 aliphatic rings. The van der Waals surface area contributed by atoms with Crippen molar-refractivity contribution in [2.24, 2.45) is 5.10 Å². The van der Waals surface area contributed by atoms with Gasteiger partial charge in [0.05, 0.1) is 16.2 Å². The number of aromatic nitrogens is 3. The normalized spacial score (nSPS) is 15.0. The molecule has 1 amide bonds. The predicted octanol–water partition coefficient (Wildman–Crippen LogP) is 4.08. The molecule has 0 saturated heterocycles. The van der Waals surface area contributed by atoms with E-state index in [1.54, 1.807) is 47.5 Å². The van der Waals surface area contributed by atoms with Crippen LogP contribution in [0, 0.1) is 10.1 Å². The van der Waals surface area contributed by atoms with Crippen LogP contribution in [0.5, 0.6) is 0 Å². The van der Waals surface area contributed by atoms with Crippen molar-refractivity contribution in [3.63, 3.8) is 0 Å². The Labute approximate surface area is 193 Å². The van der Waals surface area contributed by atoms with Gasteiger partial charge in [-0.25, -0.2) is 4.68 Å². The first-order valence-corrected chi connectivity index (χ1v) is 10.4. The number of pyridine rings is 1. The molecule has 168 valence electrons. The third kappa shape index (κ3) is 3.88.